The number of carbonyl (C=O) groups excluding carboxylic acids is 1. The number of nitrogens with two attached hydrogens (primary N) is 1. The van der Waals surface area contributed by atoms with Crippen LogP contribution in [0.2, 0.25) is 0 Å². The van der Waals surface area contributed by atoms with Crippen molar-refractivity contribution in [3.8, 4) is 11.1 Å². The minimum atomic E-state index is -2.34. The fourth-order valence-electron chi connectivity index (χ4n) is 4.84. The maximum absolute atomic E-state index is 13.4. The van der Waals surface area contributed by atoms with E-state index in [9.17, 15) is 13.6 Å². The number of aromatic nitrogens is 5. The summed E-state index contributed by atoms with van der Waals surface area (Å²) in [4.78, 5) is 17.5. The van der Waals surface area contributed by atoms with Crippen LogP contribution in [0.1, 0.15) is 22.5 Å². The van der Waals surface area contributed by atoms with Crippen molar-refractivity contribution in [2.24, 2.45) is 5.92 Å². The number of rotatable bonds is 6. The van der Waals surface area contributed by atoms with Gasteiger partial charge in [-0.3, -0.25) is 13.7 Å². The first kappa shape index (κ1) is 22.5. The molecule has 0 saturated carbocycles. The Morgan fingerprint density at radius 3 is 2.78 bits per heavy atom. The molecule has 2 atom stereocenters. The van der Waals surface area contributed by atoms with E-state index in [1.54, 1.807) is 6.07 Å². The third kappa shape index (κ3) is 3.96. The van der Waals surface area contributed by atoms with Gasteiger partial charge in [0.15, 0.2) is 11.6 Å². The highest BCUT2D eigenvalue weighted by Crippen LogP contribution is 2.34. The Bertz CT molecular complexity index is 1630. The van der Waals surface area contributed by atoms with Gasteiger partial charge in [-0.2, -0.15) is 10.2 Å². The van der Waals surface area contributed by atoms with Gasteiger partial charge in [-0.05, 0) is 29.7 Å². The van der Waals surface area contributed by atoms with Crippen molar-refractivity contribution in [3.63, 3.8) is 0 Å². The lowest BCUT2D eigenvalue weighted by Gasteiger charge is -2.17. The molecule has 0 amide bonds. The van der Waals surface area contributed by atoms with E-state index >= 15 is 0 Å². The summed E-state index contributed by atoms with van der Waals surface area (Å²) in [5.41, 5.74) is 10.6. The molecule has 1 fully saturated rings. The lowest BCUT2D eigenvalue weighted by Crippen LogP contribution is -2.25. The zero-order valence-electron chi connectivity index (χ0n) is 19.2. The Balaban J connectivity index is 1.39. The first-order valence-corrected chi connectivity index (χ1v) is 12.5. The number of hydrogen-bond donors (Lipinski definition) is 1. The Morgan fingerprint density at radius 1 is 1.17 bits per heavy atom. The van der Waals surface area contributed by atoms with Crippen LogP contribution in [0.5, 0.6) is 0 Å². The molecule has 1 aliphatic rings. The first-order valence-electron chi connectivity index (χ1n) is 11.5. The van der Waals surface area contributed by atoms with Crippen LogP contribution >= 0.6 is 0 Å². The van der Waals surface area contributed by atoms with Gasteiger partial charge in [0.2, 0.25) is 0 Å². The molecule has 2 aromatic carbocycles. The number of anilines is 1. The highest BCUT2D eigenvalue weighted by molar-refractivity contribution is 7.76. The van der Waals surface area contributed by atoms with E-state index in [2.05, 4.69) is 22.2 Å². The van der Waals surface area contributed by atoms with Crippen molar-refractivity contribution >= 4 is 39.3 Å². The van der Waals surface area contributed by atoms with Gasteiger partial charge in [-0.25, -0.2) is 13.8 Å². The average molecular weight is 501 g/mol. The van der Waals surface area contributed by atoms with Crippen molar-refractivity contribution < 1.29 is 13.6 Å². The first-order chi connectivity index (χ1) is 17.5. The Kier molecular flexibility index (Phi) is 5.59. The van der Waals surface area contributed by atoms with Crippen LogP contribution < -0.4 is 5.73 Å². The summed E-state index contributed by atoms with van der Waals surface area (Å²) in [5.74, 6) is -0.362. The highest BCUT2D eigenvalue weighted by Gasteiger charge is 2.32. The number of hydrogen-bond acceptors (Lipinski definition) is 7. The lowest BCUT2D eigenvalue weighted by atomic mass is 10.00. The summed E-state index contributed by atoms with van der Waals surface area (Å²) in [7, 11) is 0. The maximum atomic E-state index is 13.4. The number of nitrogen functional groups attached to an aromatic ring is 1. The molecule has 6 rings (SSSR count). The number of carbonyl (C=O) groups is 1. The maximum Gasteiger partial charge on any atom is 0.185 e. The monoisotopic (exact) mass is 500 g/mol. The van der Waals surface area contributed by atoms with Crippen LogP contribution in [0.3, 0.4) is 0 Å². The van der Waals surface area contributed by atoms with Crippen LogP contribution in [-0.4, -0.2) is 56.3 Å². The summed E-state index contributed by atoms with van der Waals surface area (Å²) in [6, 6.07) is 17.8. The summed E-state index contributed by atoms with van der Waals surface area (Å²) in [5, 5.41) is 10.0. The van der Waals surface area contributed by atoms with E-state index < -0.39 is 17.2 Å². The Labute approximate surface area is 208 Å². The molecule has 11 heteroatoms. The van der Waals surface area contributed by atoms with E-state index in [0.29, 0.717) is 30.7 Å². The predicted molar refractivity (Wildman–Crippen MR) is 135 cm³/mol. The quantitative estimate of drug-likeness (QED) is 0.280. The van der Waals surface area contributed by atoms with Crippen molar-refractivity contribution in [3.05, 3.63) is 78.4 Å². The molecule has 4 heterocycles. The second-order valence-corrected chi connectivity index (χ2v) is 9.84. The zero-order valence-corrected chi connectivity index (χ0v) is 20.0. The van der Waals surface area contributed by atoms with Gasteiger partial charge in [-0.1, -0.05) is 42.5 Å². The van der Waals surface area contributed by atoms with Crippen molar-refractivity contribution in [1.29, 1.82) is 0 Å². The summed E-state index contributed by atoms with van der Waals surface area (Å²) >= 11 is -2.34. The number of Topliss-reactive ketones (excluding diaryl/α,β-unsaturated/α-hetero) is 1. The predicted octanol–water partition coefficient (Wildman–Crippen LogP) is 2.68. The zero-order chi connectivity index (χ0) is 24.8. The van der Waals surface area contributed by atoms with Gasteiger partial charge in [0, 0.05) is 47.4 Å². The highest BCUT2D eigenvalue weighted by atomic mass is 32.2. The molecule has 0 aliphatic carbocycles. The van der Waals surface area contributed by atoms with E-state index in [-0.39, 0.29) is 18.1 Å². The molecule has 1 aliphatic heterocycles. The molecule has 36 heavy (non-hydrogen) atoms. The fourth-order valence-corrected chi connectivity index (χ4v) is 5.39. The summed E-state index contributed by atoms with van der Waals surface area (Å²) in [6.45, 7) is 1.14. The number of fused-ring (bicyclic) bond motifs is 2. The van der Waals surface area contributed by atoms with Gasteiger partial charge in [0.05, 0.1) is 12.1 Å². The minimum Gasteiger partial charge on any atom is -0.760 e. The molecule has 5 aromatic rings. The third-order valence-electron chi connectivity index (χ3n) is 6.62. The smallest absolute Gasteiger partial charge is 0.185 e. The van der Waals surface area contributed by atoms with E-state index in [4.69, 9.17) is 10.8 Å². The van der Waals surface area contributed by atoms with Gasteiger partial charge in [-0.15, -0.1) is 0 Å². The van der Waals surface area contributed by atoms with E-state index in [1.165, 1.54) is 15.1 Å². The van der Waals surface area contributed by atoms with Gasteiger partial charge in [0.1, 0.15) is 17.5 Å². The standard InChI is InChI=1S/C25H23N7O3S/c26-25-23-20(11-22(32(23)28-15-27-25)24(33)19-8-9-31(14-19)36(34)35)17-6-7-18-13-30(29-21(18)10-17)12-16-4-2-1-3-5-16/h1-7,10-11,13,15,19H,8-9,12,14H2,(H,34,35)(H2,26,27,28)/p-1. The Hall–Kier alpha value is -3.93. The SMILES string of the molecule is Nc1ncnn2c(C(=O)C3CCN(S(=O)[O-])C3)cc(-c3ccc4cn(Cc5ccccc5)nc4c3)c12. The third-order valence-corrected chi connectivity index (χ3v) is 7.37. The Morgan fingerprint density at radius 2 is 2.00 bits per heavy atom. The van der Waals surface area contributed by atoms with Crippen molar-refractivity contribution in [2.45, 2.75) is 13.0 Å². The van der Waals surface area contributed by atoms with Crippen molar-refractivity contribution in [2.75, 3.05) is 18.8 Å². The van der Waals surface area contributed by atoms with Crippen LogP contribution in [0.4, 0.5) is 5.82 Å². The molecule has 1 saturated heterocycles. The van der Waals surface area contributed by atoms with Gasteiger partial charge >= 0.3 is 0 Å². The molecule has 3 aromatic heterocycles. The van der Waals surface area contributed by atoms with Crippen LogP contribution in [-0.2, 0) is 17.8 Å². The molecule has 0 radical (unpaired) electrons. The summed E-state index contributed by atoms with van der Waals surface area (Å²) < 4.78 is 27.3. The van der Waals surface area contributed by atoms with Gasteiger partial charge in [0.25, 0.3) is 0 Å². The largest absolute Gasteiger partial charge is 0.760 e. The molecule has 0 spiro atoms. The minimum absolute atomic E-state index is 0.156. The molecule has 182 valence electrons. The van der Waals surface area contributed by atoms with Crippen LogP contribution in [0.25, 0.3) is 27.5 Å². The second-order valence-electron chi connectivity index (χ2n) is 8.89. The fraction of sp³-hybridized carbons (Fsp3) is 0.200. The number of ketones is 1. The van der Waals surface area contributed by atoms with Crippen molar-refractivity contribution in [1.82, 2.24) is 28.7 Å². The average Bonchev–Trinajstić information content (AvgIpc) is 3.61. The molecule has 0 bridgehead atoms. The topological polar surface area (TPSA) is 134 Å². The van der Waals surface area contributed by atoms with E-state index in [1.807, 2.05) is 47.3 Å². The van der Waals surface area contributed by atoms with Crippen LogP contribution in [0, 0.1) is 5.92 Å². The molecular formula is C25H22N7O3S-. The second kappa shape index (κ2) is 8.94. The lowest BCUT2D eigenvalue weighted by molar-refractivity contribution is 0.0920. The number of benzene rings is 2. The van der Waals surface area contributed by atoms with Gasteiger partial charge < -0.3 is 10.3 Å². The number of nitrogens with zero attached hydrogens (tertiary/aromatic N) is 6. The molecule has 10 nitrogen and oxygen atoms in total. The molecular weight excluding hydrogens is 478 g/mol. The molecule has 2 unspecified atom stereocenters. The normalized spacial score (nSPS) is 17.2. The molecule has 2 N–H and O–H groups in total. The van der Waals surface area contributed by atoms with Crippen LogP contribution in [0.15, 0.2) is 67.1 Å². The summed E-state index contributed by atoms with van der Waals surface area (Å²) in [6.07, 6.45) is 3.77. The van der Waals surface area contributed by atoms with E-state index in [0.717, 1.165) is 27.6 Å².